The maximum absolute atomic E-state index is 14.6. The number of sulfone groups is 1. The average molecular weight is 622 g/mol. The van der Waals surface area contributed by atoms with Crippen LogP contribution in [-0.2, 0) is 24.8 Å². The minimum atomic E-state index is -4.33. The lowest BCUT2D eigenvalue weighted by molar-refractivity contribution is 0.201. The Bertz CT molecular complexity index is 1650. The highest BCUT2D eigenvalue weighted by atomic mass is 35.5. The second-order valence-corrected chi connectivity index (χ2v) is 13.8. The summed E-state index contributed by atoms with van der Waals surface area (Å²) in [4.78, 5) is 13.4. The van der Waals surface area contributed by atoms with Crippen molar-refractivity contribution in [3.63, 3.8) is 0 Å². The number of hydrogen-bond acceptors (Lipinski definition) is 6. The van der Waals surface area contributed by atoms with E-state index in [9.17, 15) is 26.0 Å². The zero-order valence-corrected chi connectivity index (χ0v) is 24.5. The molecule has 0 bridgehead atoms. The van der Waals surface area contributed by atoms with Gasteiger partial charge in [-0.3, -0.25) is 0 Å². The van der Waals surface area contributed by atoms with E-state index in [0.29, 0.717) is 16.1 Å². The predicted molar refractivity (Wildman–Crippen MR) is 155 cm³/mol. The molecule has 3 aromatic rings. The largest absolute Gasteiger partial charge is 0.337 e. The van der Waals surface area contributed by atoms with Crippen LogP contribution in [0.4, 0.5) is 9.18 Å². The quantitative estimate of drug-likeness (QED) is 0.335. The predicted octanol–water partition coefficient (Wildman–Crippen LogP) is 3.40. The Morgan fingerprint density at radius 3 is 2.20 bits per heavy atom. The standard InChI is InChI=1S/C27H29ClFN5O5S2/c1-18(2)24(33-41(30,38)39)16-31-26(35)34-17-27(20-6-4-3-5-7-20,25(32-34)19-8-12-22(29)13-9-19)40(36,37)23-14-10-21(28)11-15-23/h3-15,18,24,33H,16-17H2,1-2H3,(H,31,35)(H2,30,38,39)/t24-,27?/m1/s1. The lowest BCUT2D eigenvalue weighted by Crippen LogP contribution is -2.51. The Morgan fingerprint density at radius 1 is 1.02 bits per heavy atom. The van der Waals surface area contributed by atoms with E-state index in [1.165, 1.54) is 48.5 Å². The van der Waals surface area contributed by atoms with Gasteiger partial charge in [-0.25, -0.2) is 27.8 Å². The molecule has 2 atom stereocenters. The number of urea groups is 1. The van der Waals surface area contributed by atoms with Crippen LogP contribution in [0, 0.1) is 11.7 Å². The van der Waals surface area contributed by atoms with Gasteiger partial charge in [0.1, 0.15) is 5.82 Å². The Labute approximate surface area is 243 Å². The second kappa shape index (κ2) is 11.9. The molecule has 1 aliphatic rings. The minimum Gasteiger partial charge on any atom is -0.335 e. The first-order valence-corrected chi connectivity index (χ1v) is 15.9. The van der Waals surface area contributed by atoms with Gasteiger partial charge in [0.15, 0.2) is 14.6 Å². The van der Waals surface area contributed by atoms with Crippen LogP contribution in [0.1, 0.15) is 25.0 Å². The van der Waals surface area contributed by atoms with E-state index in [2.05, 4.69) is 15.1 Å². The topological polar surface area (TPSA) is 151 Å². The third-order valence-electron chi connectivity index (χ3n) is 6.74. The number of benzene rings is 3. The summed E-state index contributed by atoms with van der Waals surface area (Å²) in [5.41, 5.74) is 0.639. The molecule has 1 aliphatic heterocycles. The Hall–Kier alpha value is -3.36. The number of nitrogens with one attached hydrogen (secondary N) is 2. The fourth-order valence-corrected chi connectivity index (χ4v) is 7.52. The first-order chi connectivity index (χ1) is 19.2. The maximum atomic E-state index is 14.6. The van der Waals surface area contributed by atoms with Crippen molar-refractivity contribution in [2.75, 3.05) is 13.1 Å². The van der Waals surface area contributed by atoms with Crippen molar-refractivity contribution in [2.24, 2.45) is 16.2 Å². The van der Waals surface area contributed by atoms with Crippen molar-refractivity contribution in [3.8, 4) is 0 Å². The molecule has 14 heteroatoms. The normalized spacial score (nSPS) is 18.3. The molecule has 0 radical (unpaired) electrons. The zero-order valence-electron chi connectivity index (χ0n) is 22.2. The highest BCUT2D eigenvalue weighted by molar-refractivity contribution is 7.93. The number of carbonyl (C=O) groups is 1. The first kappa shape index (κ1) is 30.6. The van der Waals surface area contributed by atoms with Crippen LogP contribution in [0.5, 0.6) is 0 Å². The number of carbonyl (C=O) groups excluding carboxylic acids is 1. The Balaban J connectivity index is 1.83. The molecule has 4 rings (SSSR count). The third kappa shape index (κ3) is 6.44. The Kier molecular flexibility index (Phi) is 8.85. The summed E-state index contributed by atoms with van der Waals surface area (Å²) in [6, 6.07) is 17.6. The van der Waals surface area contributed by atoms with Crippen molar-refractivity contribution in [3.05, 3.63) is 101 Å². The molecule has 0 aliphatic carbocycles. The van der Waals surface area contributed by atoms with Crippen molar-refractivity contribution in [1.29, 1.82) is 0 Å². The summed E-state index contributed by atoms with van der Waals surface area (Å²) < 4.78 is 66.6. The summed E-state index contributed by atoms with van der Waals surface area (Å²) in [5, 5.41) is 13.5. The lowest BCUT2D eigenvalue weighted by atomic mass is 9.89. The van der Waals surface area contributed by atoms with Gasteiger partial charge < -0.3 is 5.32 Å². The van der Waals surface area contributed by atoms with Crippen molar-refractivity contribution in [1.82, 2.24) is 15.0 Å². The van der Waals surface area contributed by atoms with E-state index in [-0.39, 0.29) is 23.1 Å². The summed E-state index contributed by atoms with van der Waals surface area (Å²) in [6.07, 6.45) is 0. The number of rotatable bonds is 9. The van der Waals surface area contributed by atoms with Gasteiger partial charge in [0.05, 0.1) is 17.2 Å². The van der Waals surface area contributed by atoms with Crippen LogP contribution in [0.2, 0.25) is 5.02 Å². The number of hydrogen-bond donors (Lipinski definition) is 3. The van der Waals surface area contributed by atoms with Crippen LogP contribution in [0.15, 0.2) is 88.9 Å². The van der Waals surface area contributed by atoms with E-state index in [0.717, 1.165) is 5.01 Å². The average Bonchev–Trinajstić information content (AvgIpc) is 3.34. The van der Waals surface area contributed by atoms with Gasteiger partial charge in [0.2, 0.25) is 0 Å². The summed E-state index contributed by atoms with van der Waals surface area (Å²) in [7, 11) is -8.38. The molecule has 0 saturated heterocycles. The second-order valence-electron chi connectivity index (χ2n) is 9.86. The lowest BCUT2D eigenvalue weighted by Gasteiger charge is -2.31. The van der Waals surface area contributed by atoms with Crippen molar-refractivity contribution in [2.45, 2.75) is 29.5 Å². The van der Waals surface area contributed by atoms with Gasteiger partial charge >= 0.3 is 6.03 Å². The number of nitrogens with zero attached hydrogens (tertiary/aromatic N) is 2. The van der Waals surface area contributed by atoms with E-state index in [4.69, 9.17) is 16.7 Å². The van der Waals surface area contributed by atoms with Crippen LogP contribution in [-0.4, -0.2) is 52.7 Å². The SMILES string of the molecule is CC(C)[C@@H](CNC(=O)N1CC(c2ccccc2)(S(=O)(=O)c2ccc(Cl)cc2)C(c2ccc(F)cc2)=N1)NS(N)(=O)=O. The molecule has 1 unspecified atom stereocenters. The molecule has 41 heavy (non-hydrogen) atoms. The fourth-order valence-electron chi connectivity index (χ4n) is 4.57. The first-order valence-electron chi connectivity index (χ1n) is 12.5. The van der Waals surface area contributed by atoms with Gasteiger partial charge in [-0.15, -0.1) is 0 Å². The molecule has 3 aromatic carbocycles. The molecule has 4 N–H and O–H groups in total. The molecular weight excluding hydrogens is 593 g/mol. The molecule has 2 amide bonds. The molecular formula is C27H29ClFN5O5S2. The highest BCUT2D eigenvalue weighted by Crippen LogP contribution is 2.43. The monoisotopic (exact) mass is 621 g/mol. The summed E-state index contributed by atoms with van der Waals surface area (Å²) in [5.74, 6) is -0.769. The summed E-state index contributed by atoms with van der Waals surface area (Å²) >= 11 is 6.03. The zero-order chi connectivity index (χ0) is 30.0. The van der Waals surface area contributed by atoms with Crippen molar-refractivity contribution < 1.29 is 26.0 Å². The van der Waals surface area contributed by atoms with Crippen LogP contribution >= 0.6 is 11.6 Å². The molecule has 0 saturated carbocycles. The molecule has 218 valence electrons. The molecule has 0 fully saturated rings. The minimum absolute atomic E-state index is 0.0110. The van der Waals surface area contributed by atoms with Crippen LogP contribution < -0.4 is 15.2 Å². The Morgan fingerprint density at radius 2 is 1.63 bits per heavy atom. The fraction of sp³-hybridized carbons (Fsp3) is 0.259. The third-order valence-corrected chi connectivity index (χ3v) is 10.00. The van der Waals surface area contributed by atoms with E-state index in [1.54, 1.807) is 44.2 Å². The van der Waals surface area contributed by atoms with Gasteiger partial charge in [-0.1, -0.05) is 67.9 Å². The number of hydrazone groups is 1. The number of amides is 2. The molecule has 1 heterocycles. The molecule has 10 nitrogen and oxygen atoms in total. The van der Waals surface area contributed by atoms with Crippen LogP contribution in [0.3, 0.4) is 0 Å². The van der Waals surface area contributed by atoms with Gasteiger partial charge in [-0.05, 0) is 47.9 Å². The van der Waals surface area contributed by atoms with Gasteiger partial charge in [-0.2, -0.15) is 18.2 Å². The maximum Gasteiger partial charge on any atom is 0.337 e. The van der Waals surface area contributed by atoms with Gasteiger partial charge in [0, 0.05) is 23.2 Å². The summed E-state index contributed by atoms with van der Waals surface area (Å²) in [6.45, 7) is 2.92. The van der Waals surface area contributed by atoms with E-state index < -0.39 is 49.2 Å². The molecule has 0 spiro atoms. The van der Waals surface area contributed by atoms with Crippen LogP contribution in [0.25, 0.3) is 0 Å². The van der Waals surface area contributed by atoms with Gasteiger partial charge in [0.25, 0.3) is 10.2 Å². The number of nitrogens with two attached hydrogens (primary N) is 1. The van der Waals surface area contributed by atoms with E-state index in [1.807, 2.05) is 0 Å². The highest BCUT2D eigenvalue weighted by Gasteiger charge is 2.56. The van der Waals surface area contributed by atoms with E-state index >= 15 is 0 Å². The number of halogens is 2. The molecule has 0 aromatic heterocycles. The smallest absolute Gasteiger partial charge is 0.335 e. The van der Waals surface area contributed by atoms with Crippen molar-refractivity contribution >= 4 is 43.4 Å².